The summed E-state index contributed by atoms with van der Waals surface area (Å²) in [4.78, 5) is 49.3. The number of carbonyl (C=O) groups excluding carboxylic acids is 3. The Kier molecular flexibility index (Phi) is 14.6. The van der Waals surface area contributed by atoms with E-state index in [0.29, 0.717) is 12.0 Å². The summed E-state index contributed by atoms with van der Waals surface area (Å²) in [7, 11) is 0. The highest BCUT2D eigenvalue weighted by Crippen LogP contribution is 2.18. The largest absolute Gasteiger partial charge is 0.480 e. The molecule has 1 aromatic carbocycles. The maximum absolute atomic E-state index is 12.8. The molecular formula is C27H44N4O8. The van der Waals surface area contributed by atoms with E-state index < -0.39 is 66.7 Å². The fourth-order valence-electron chi connectivity index (χ4n) is 4.02. The quantitative estimate of drug-likeness (QED) is 0.128. The Morgan fingerprint density at radius 1 is 0.846 bits per heavy atom. The van der Waals surface area contributed by atoms with Crippen molar-refractivity contribution in [3.63, 3.8) is 0 Å². The van der Waals surface area contributed by atoms with Crippen LogP contribution >= 0.6 is 0 Å². The van der Waals surface area contributed by atoms with Crippen molar-refractivity contribution in [2.45, 2.75) is 89.8 Å². The molecule has 12 heteroatoms. The number of carboxylic acid groups (broad SMARTS) is 1. The lowest BCUT2D eigenvalue weighted by Crippen LogP contribution is -2.51. The molecule has 3 amide bonds. The van der Waals surface area contributed by atoms with Crippen LogP contribution < -0.4 is 21.7 Å². The van der Waals surface area contributed by atoms with Crippen molar-refractivity contribution in [2.24, 2.45) is 17.6 Å². The van der Waals surface area contributed by atoms with E-state index in [-0.39, 0.29) is 31.1 Å². The molecule has 0 unspecified atom stereocenters. The van der Waals surface area contributed by atoms with Gasteiger partial charge in [-0.2, -0.15) is 0 Å². The van der Waals surface area contributed by atoms with Gasteiger partial charge in [-0.05, 0) is 36.7 Å². The van der Waals surface area contributed by atoms with Gasteiger partial charge in [-0.25, -0.2) is 4.79 Å². The number of hydrogen-bond acceptors (Lipinski definition) is 8. The van der Waals surface area contributed by atoms with E-state index in [4.69, 9.17) is 5.73 Å². The summed E-state index contributed by atoms with van der Waals surface area (Å²) in [6.07, 6.45) is -3.62. The number of aliphatic hydroxyl groups excluding tert-OH is 3. The Morgan fingerprint density at radius 3 is 1.95 bits per heavy atom. The molecule has 0 saturated carbocycles. The molecule has 0 aliphatic rings. The summed E-state index contributed by atoms with van der Waals surface area (Å²) in [5.74, 6) is -3.12. The first-order chi connectivity index (χ1) is 18.2. The number of carboxylic acids is 1. The van der Waals surface area contributed by atoms with Crippen LogP contribution in [-0.2, 0) is 19.2 Å². The van der Waals surface area contributed by atoms with Gasteiger partial charge in [0.15, 0.2) is 6.10 Å². The number of hydrogen-bond donors (Lipinski definition) is 8. The lowest BCUT2D eigenvalue weighted by molar-refractivity contribution is -0.142. The van der Waals surface area contributed by atoms with Gasteiger partial charge < -0.3 is 42.1 Å². The van der Waals surface area contributed by atoms with Gasteiger partial charge in [-0.1, -0.05) is 58.0 Å². The third-order valence-electron chi connectivity index (χ3n) is 6.04. The van der Waals surface area contributed by atoms with Crippen LogP contribution in [0.25, 0.3) is 0 Å². The molecule has 0 aliphatic heterocycles. The van der Waals surface area contributed by atoms with Crippen LogP contribution in [0.2, 0.25) is 0 Å². The summed E-state index contributed by atoms with van der Waals surface area (Å²) >= 11 is 0. The van der Waals surface area contributed by atoms with Gasteiger partial charge in [0.05, 0.1) is 37.3 Å². The van der Waals surface area contributed by atoms with Crippen LogP contribution in [0.3, 0.4) is 0 Å². The number of nitrogens with one attached hydrogen (secondary N) is 3. The molecule has 0 saturated heterocycles. The molecule has 39 heavy (non-hydrogen) atoms. The van der Waals surface area contributed by atoms with E-state index in [1.54, 1.807) is 30.3 Å². The Morgan fingerprint density at radius 2 is 1.44 bits per heavy atom. The Bertz CT molecular complexity index is 928. The Hall–Kier alpha value is -3.06. The molecule has 0 bridgehead atoms. The smallest absolute Gasteiger partial charge is 0.326 e. The molecule has 1 rings (SSSR count). The summed E-state index contributed by atoms with van der Waals surface area (Å²) in [6, 6.07) is 4.61. The molecule has 0 aromatic heterocycles. The lowest BCUT2D eigenvalue weighted by Gasteiger charge is -2.26. The van der Waals surface area contributed by atoms with E-state index >= 15 is 0 Å². The SMILES string of the molecule is CC(C)C[C@H](NC(=O)C[C@H](NC(=O)[C@@H](O)[C@H](O)C[C@H](CO)NC(=O)[C@@H](N)CC(C)C)c1ccccc1)C(=O)O. The van der Waals surface area contributed by atoms with Crippen molar-refractivity contribution in [3.05, 3.63) is 35.9 Å². The molecule has 6 atom stereocenters. The second-order valence-electron chi connectivity index (χ2n) is 10.6. The lowest BCUT2D eigenvalue weighted by atomic mass is 9.99. The van der Waals surface area contributed by atoms with Crippen LogP contribution in [0.15, 0.2) is 30.3 Å². The second kappa shape index (κ2) is 16.8. The highest BCUT2D eigenvalue weighted by molar-refractivity contribution is 5.86. The van der Waals surface area contributed by atoms with Gasteiger partial charge in [0.1, 0.15) is 6.04 Å². The predicted molar refractivity (Wildman–Crippen MR) is 144 cm³/mol. The highest BCUT2D eigenvalue weighted by Gasteiger charge is 2.31. The fraction of sp³-hybridized carbons (Fsp3) is 0.630. The third kappa shape index (κ3) is 12.6. The average molecular weight is 553 g/mol. The van der Waals surface area contributed by atoms with Crippen LogP contribution in [0.1, 0.15) is 65.0 Å². The normalized spacial score (nSPS) is 16.1. The number of aliphatic hydroxyl groups is 3. The summed E-state index contributed by atoms with van der Waals surface area (Å²) < 4.78 is 0. The summed E-state index contributed by atoms with van der Waals surface area (Å²) in [5, 5.41) is 47.5. The fourth-order valence-corrected chi connectivity index (χ4v) is 4.02. The number of nitrogens with two attached hydrogens (primary N) is 1. The molecule has 9 N–H and O–H groups in total. The number of rotatable bonds is 17. The van der Waals surface area contributed by atoms with Crippen molar-refractivity contribution in [1.82, 2.24) is 16.0 Å². The van der Waals surface area contributed by atoms with Crippen molar-refractivity contribution in [2.75, 3.05) is 6.61 Å². The predicted octanol–water partition coefficient (Wildman–Crippen LogP) is -0.188. The molecule has 0 spiro atoms. The van der Waals surface area contributed by atoms with Crippen LogP contribution in [0.4, 0.5) is 0 Å². The zero-order chi connectivity index (χ0) is 29.7. The zero-order valence-electron chi connectivity index (χ0n) is 23.0. The van der Waals surface area contributed by atoms with Crippen molar-refractivity contribution >= 4 is 23.7 Å². The van der Waals surface area contributed by atoms with E-state index in [2.05, 4.69) is 16.0 Å². The van der Waals surface area contributed by atoms with E-state index in [9.17, 15) is 39.6 Å². The highest BCUT2D eigenvalue weighted by atomic mass is 16.4. The molecule has 0 aliphatic carbocycles. The van der Waals surface area contributed by atoms with E-state index in [0.717, 1.165) is 0 Å². The van der Waals surface area contributed by atoms with Gasteiger partial charge in [0.2, 0.25) is 11.8 Å². The number of aliphatic carboxylic acids is 1. The monoisotopic (exact) mass is 552 g/mol. The molecule has 220 valence electrons. The minimum Gasteiger partial charge on any atom is -0.480 e. The first-order valence-electron chi connectivity index (χ1n) is 13.1. The first-order valence-corrected chi connectivity index (χ1v) is 13.1. The van der Waals surface area contributed by atoms with Crippen molar-refractivity contribution < 1.29 is 39.6 Å². The molecule has 0 heterocycles. The van der Waals surface area contributed by atoms with Crippen LogP contribution in [0.5, 0.6) is 0 Å². The maximum atomic E-state index is 12.8. The van der Waals surface area contributed by atoms with Gasteiger partial charge in [0, 0.05) is 0 Å². The topological polar surface area (TPSA) is 211 Å². The zero-order valence-corrected chi connectivity index (χ0v) is 23.0. The van der Waals surface area contributed by atoms with Gasteiger partial charge in [-0.15, -0.1) is 0 Å². The minimum atomic E-state index is -1.94. The first kappa shape index (κ1) is 34.0. The van der Waals surface area contributed by atoms with Gasteiger partial charge in [0.25, 0.3) is 5.91 Å². The number of amides is 3. The third-order valence-corrected chi connectivity index (χ3v) is 6.04. The average Bonchev–Trinajstić information content (AvgIpc) is 2.86. The van der Waals surface area contributed by atoms with Crippen molar-refractivity contribution in [3.8, 4) is 0 Å². The molecular weight excluding hydrogens is 508 g/mol. The number of benzene rings is 1. The molecule has 0 radical (unpaired) electrons. The maximum Gasteiger partial charge on any atom is 0.326 e. The van der Waals surface area contributed by atoms with E-state index in [1.165, 1.54) is 0 Å². The second-order valence-corrected chi connectivity index (χ2v) is 10.6. The van der Waals surface area contributed by atoms with E-state index in [1.807, 2.05) is 27.7 Å². The summed E-state index contributed by atoms with van der Waals surface area (Å²) in [6.45, 7) is 6.90. The Balaban J connectivity index is 2.89. The number of carbonyl (C=O) groups is 4. The summed E-state index contributed by atoms with van der Waals surface area (Å²) in [5.41, 5.74) is 6.37. The van der Waals surface area contributed by atoms with Crippen molar-refractivity contribution in [1.29, 1.82) is 0 Å². The molecule has 0 fully saturated rings. The van der Waals surface area contributed by atoms with Crippen LogP contribution in [0, 0.1) is 11.8 Å². The van der Waals surface area contributed by atoms with Gasteiger partial charge >= 0.3 is 5.97 Å². The minimum absolute atomic E-state index is 0.0196. The Labute approximate surface area is 229 Å². The molecule has 1 aromatic rings. The van der Waals surface area contributed by atoms with Crippen LogP contribution in [-0.4, -0.2) is 81.1 Å². The van der Waals surface area contributed by atoms with Gasteiger partial charge in [-0.3, -0.25) is 14.4 Å². The standard InChI is InChI=1S/C27H44N4O8/c1-15(2)10-19(28)25(36)29-18(14-32)12-22(33)24(35)26(37)31-20(17-8-6-5-7-9-17)13-23(34)30-21(27(38)39)11-16(3)4/h5-9,15-16,18-22,24,32-33,35H,10-14,28H2,1-4H3,(H,29,36)(H,30,34)(H,31,37)(H,38,39)/t18-,19+,20+,21+,22-,24+/m1/s1. The molecule has 12 nitrogen and oxygen atoms in total.